The molecule has 2 amide bonds. The lowest BCUT2D eigenvalue weighted by atomic mass is 10.0. The number of hydrogen-bond acceptors (Lipinski definition) is 3. The normalized spacial score (nSPS) is 14.4. The predicted octanol–water partition coefficient (Wildman–Crippen LogP) is 1.11. The van der Waals surface area contributed by atoms with E-state index in [9.17, 15) is 9.59 Å². The van der Waals surface area contributed by atoms with Crippen LogP contribution in [0.2, 0.25) is 0 Å². The molecule has 0 heterocycles. The molecular formula is C13H25N3O2S. The van der Waals surface area contributed by atoms with Crippen LogP contribution in [0.25, 0.3) is 0 Å². The van der Waals surface area contributed by atoms with Gasteiger partial charge in [0, 0.05) is 5.54 Å². The average molecular weight is 287 g/mol. The second kappa shape index (κ2) is 7.43. The molecule has 0 aliphatic heterocycles. The van der Waals surface area contributed by atoms with Gasteiger partial charge in [-0.25, -0.2) is 0 Å². The monoisotopic (exact) mass is 287 g/mol. The lowest BCUT2D eigenvalue weighted by molar-refractivity contribution is -0.130. The molecule has 0 aromatic carbocycles. The first kappa shape index (κ1) is 17.8. The largest absolute Gasteiger partial charge is 0.393 e. The molecule has 2 atom stereocenters. The molecule has 0 aromatic heterocycles. The highest BCUT2D eigenvalue weighted by Crippen LogP contribution is 2.08. The van der Waals surface area contributed by atoms with E-state index in [1.807, 2.05) is 27.7 Å². The number of carbonyl (C=O) groups is 2. The van der Waals surface area contributed by atoms with Gasteiger partial charge in [0.15, 0.2) is 0 Å². The summed E-state index contributed by atoms with van der Waals surface area (Å²) in [5, 5.41) is 5.46. The van der Waals surface area contributed by atoms with Crippen molar-refractivity contribution in [3.8, 4) is 0 Å². The molecule has 0 radical (unpaired) electrons. The first-order valence-corrected chi connectivity index (χ1v) is 6.91. The Balaban J connectivity index is 4.53. The van der Waals surface area contributed by atoms with E-state index in [0.717, 1.165) is 6.42 Å². The molecule has 0 bridgehead atoms. The number of carbonyl (C=O) groups excluding carboxylic acids is 2. The molecule has 0 aromatic rings. The maximum absolute atomic E-state index is 12.0. The van der Waals surface area contributed by atoms with Crippen LogP contribution in [-0.4, -0.2) is 28.4 Å². The zero-order chi connectivity index (χ0) is 15.2. The van der Waals surface area contributed by atoms with Crippen LogP contribution in [0, 0.1) is 5.92 Å². The Bertz CT molecular complexity index is 350. The molecule has 0 aliphatic carbocycles. The van der Waals surface area contributed by atoms with E-state index >= 15 is 0 Å². The number of nitrogens with one attached hydrogen (secondary N) is 2. The molecule has 0 saturated heterocycles. The molecule has 0 spiro atoms. The van der Waals surface area contributed by atoms with E-state index in [1.165, 1.54) is 0 Å². The number of nitrogens with two attached hydrogens (primary N) is 1. The highest BCUT2D eigenvalue weighted by Gasteiger charge is 2.25. The van der Waals surface area contributed by atoms with E-state index in [1.54, 1.807) is 6.92 Å². The standard InChI is InChI=1S/C13H25N3O2S/c1-6-7-9(10(14)19)12(18)15-8(2)11(17)16-13(3,4)5/h8-9H,6-7H2,1-5H3,(H2,14,19)(H,15,18)(H,16,17). The fourth-order valence-electron chi connectivity index (χ4n) is 1.55. The molecule has 0 fully saturated rings. The SMILES string of the molecule is CCCC(C(=O)NC(C)C(=O)NC(C)(C)C)C(N)=S. The van der Waals surface area contributed by atoms with Crippen molar-refractivity contribution in [2.45, 2.75) is 59.0 Å². The summed E-state index contributed by atoms with van der Waals surface area (Å²) in [5.74, 6) is -1.02. The van der Waals surface area contributed by atoms with Crippen molar-refractivity contribution in [2.24, 2.45) is 11.7 Å². The number of rotatable bonds is 6. The number of thiocarbonyl (C=S) groups is 1. The summed E-state index contributed by atoms with van der Waals surface area (Å²) in [6.45, 7) is 9.24. The van der Waals surface area contributed by atoms with Gasteiger partial charge in [-0.2, -0.15) is 0 Å². The first-order chi connectivity index (χ1) is 8.58. The Hall–Kier alpha value is -1.17. The minimum Gasteiger partial charge on any atom is -0.393 e. The summed E-state index contributed by atoms with van der Waals surface area (Å²) in [6.07, 6.45) is 1.40. The van der Waals surface area contributed by atoms with Gasteiger partial charge >= 0.3 is 0 Å². The van der Waals surface area contributed by atoms with Gasteiger partial charge in [-0.1, -0.05) is 25.6 Å². The topological polar surface area (TPSA) is 84.2 Å². The van der Waals surface area contributed by atoms with Crippen molar-refractivity contribution in [3.63, 3.8) is 0 Å². The fourth-order valence-corrected chi connectivity index (χ4v) is 1.77. The number of amides is 2. The molecule has 0 rings (SSSR count). The molecular weight excluding hydrogens is 262 g/mol. The van der Waals surface area contributed by atoms with Gasteiger partial charge in [-0.05, 0) is 34.1 Å². The summed E-state index contributed by atoms with van der Waals surface area (Å²) < 4.78 is 0. The maximum Gasteiger partial charge on any atom is 0.242 e. The van der Waals surface area contributed by atoms with E-state index in [-0.39, 0.29) is 22.3 Å². The molecule has 0 aliphatic rings. The van der Waals surface area contributed by atoms with Crippen molar-refractivity contribution in [3.05, 3.63) is 0 Å². The molecule has 19 heavy (non-hydrogen) atoms. The summed E-state index contributed by atoms with van der Waals surface area (Å²) >= 11 is 4.88. The Morgan fingerprint density at radius 2 is 1.79 bits per heavy atom. The molecule has 0 saturated carbocycles. The van der Waals surface area contributed by atoms with Crippen LogP contribution in [0.3, 0.4) is 0 Å². The second-order valence-corrected chi connectivity index (χ2v) is 6.18. The van der Waals surface area contributed by atoms with Gasteiger partial charge in [0.2, 0.25) is 11.8 Å². The van der Waals surface area contributed by atoms with E-state index in [2.05, 4.69) is 10.6 Å². The van der Waals surface area contributed by atoms with Crippen LogP contribution < -0.4 is 16.4 Å². The quantitative estimate of drug-likeness (QED) is 0.639. The highest BCUT2D eigenvalue weighted by atomic mass is 32.1. The van der Waals surface area contributed by atoms with Crippen molar-refractivity contribution in [2.75, 3.05) is 0 Å². The first-order valence-electron chi connectivity index (χ1n) is 6.50. The number of hydrogen-bond donors (Lipinski definition) is 3. The third-order valence-electron chi connectivity index (χ3n) is 2.49. The van der Waals surface area contributed by atoms with Crippen LogP contribution in [0.15, 0.2) is 0 Å². The molecule has 5 nitrogen and oxygen atoms in total. The van der Waals surface area contributed by atoms with E-state index in [4.69, 9.17) is 18.0 Å². The molecule has 2 unspecified atom stereocenters. The summed E-state index contributed by atoms with van der Waals surface area (Å²) in [5.41, 5.74) is 5.22. The van der Waals surface area contributed by atoms with E-state index in [0.29, 0.717) is 6.42 Å². The summed E-state index contributed by atoms with van der Waals surface area (Å²) in [6, 6.07) is -0.611. The third-order valence-corrected chi connectivity index (χ3v) is 2.77. The lowest BCUT2D eigenvalue weighted by Crippen LogP contribution is -2.52. The summed E-state index contributed by atoms with van der Waals surface area (Å²) in [4.78, 5) is 24.0. The fraction of sp³-hybridized carbons (Fsp3) is 0.769. The summed E-state index contributed by atoms with van der Waals surface area (Å²) in [7, 11) is 0. The maximum atomic E-state index is 12.0. The Kier molecular flexibility index (Phi) is 6.97. The minimum absolute atomic E-state index is 0.169. The van der Waals surface area contributed by atoms with Gasteiger partial charge in [-0.3, -0.25) is 9.59 Å². The lowest BCUT2D eigenvalue weighted by Gasteiger charge is -2.24. The van der Waals surface area contributed by atoms with Crippen molar-refractivity contribution >= 4 is 29.0 Å². The van der Waals surface area contributed by atoms with Crippen LogP contribution in [-0.2, 0) is 9.59 Å². The van der Waals surface area contributed by atoms with Gasteiger partial charge in [0.1, 0.15) is 6.04 Å². The molecule has 110 valence electrons. The molecule has 4 N–H and O–H groups in total. The van der Waals surface area contributed by atoms with Crippen LogP contribution in [0.4, 0.5) is 0 Å². The minimum atomic E-state index is -0.611. The van der Waals surface area contributed by atoms with Crippen molar-refractivity contribution < 1.29 is 9.59 Å². The van der Waals surface area contributed by atoms with Crippen molar-refractivity contribution in [1.82, 2.24) is 10.6 Å². The smallest absolute Gasteiger partial charge is 0.242 e. The third kappa shape index (κ3) is 7.10. The zero-order valence-electron chi connectivity index (χ0n) is 12.4. The van der Waals surface area contributed by atoms with Gasteiger partial charge in [0.25, 0.3) is 0 Å². The van der Waals surface area contributed by atoms with Crippen molar-refractivity contribution in [1.29, 1.82) is 0 Å². The Morgan fingerprint density at radius 3 is 2.16 bits per heavy atom. The Morgan fingerprint density at radius 1 is 1.26 bits per heavy atom. The van der Waals surface area contributed by atoms with Gasteiger partial charge < -0.3 is 16.4 Å². The Labute approximate surface area is 120 Å². The van der Waals surface area contributed by atoms with Crippen LogP contribution >= 0.6 is 12.2 Å². The van der Waals surface area contributed by atoms with E-state index < -0.39 is 12.0 Å². The average Bonchev–Trinajstić information content (AvgIpc) is 2.22. The molecule has 6 heteroatoms. The van der Waals surface area contributed by atoms with Crippen LogP contribution in [0.1, 0.15) is 47.5 Å². The zero-order valence-corrected chi connectivity index (χ0v) is 13.2. The second-order valence-electron chi connectivity index (χ2n) is 5.71. The van der Waals surface area contributed by atoms with Gasteiger partial charge in [0.05, 0.1) is 10.9 Å². The van der Waals surface area contributed by atoms with Crippen LogP contribution in [0.5, 0.6) is 0 Å². The van der Waals surface area contributed by atoms with Gasteiger partial charge in [-0.15, -0.1) is 0 Å². The predicted molar refractivity (Wildman–Crippen MR) is 80.7 cm³/mol. The highest BCUT2D eigenvalue weighted by molar-refractivity contribution is 7.80.